The van der Waals surface area contributed by atoms with Crippen molar-refractivity contribution in [3.05, 3.63) is 11.4 Å². The van der Waals surface area contributed by atoms with E-state index in [9.17, 15) is 13.2 Å². The van der Waals surface area contributed by atoms with Crippen molar-refractivity contribution in [1.82, 2.24) is 14.5 Å². The minimum absolute atomic E-state index is 0.211. The van der Waals surface area contributed by atoms with Gasteiger partial charge < -0.3 is 5.11 Å². The van der Waals surface area contributed by atoms with Crippen LogP contribution in [0.3, 0.4) is 0 Å². The summed E-state index contributed by atoms with van der Waals surface area (Å²) >= 11 is 0. The molecular weight excluding hydrogens is 258 g/mol. The normalized spacial score (nSPS) is 17.8. The number of sulfonamides is 1. The predicted molar refractivity (Wildman–Crippen MR) is 62.9 cm³/mol. The van der Waals surface area contributed by atoms with E-state index in [1.54, 1.807) is 0 Å². The Hall–Kier alpha value is -1.41. The first kappa shape index (κ1) is 13.0. The van der Waals surface area contributed by atoms with Crippen LogP contribution in [0.25, 0.3) is 0 Å². The molecule has 0 amide bonds. The van der Waals surface area contributed by atoms with Crippen LogP contribution < -0.4 is 0 Å². The summed E-state index contributed by atoms with van der Waals surface area (Å²) in [6, 6.07) is 0. The van der Waals surface area contributed by atoms with Crippen LogP contribution in [0.4, 0.5) is 0 Å². The topological polar surface area (TPSA) is 103 Å². The van der Waals surface area contributed by atoms with Gasteiger partial charge in [0.2, 0.25) is 10.0 Å². The number of carbonyl (C=O) groups is 1. The average molecular weight is 273 g/mol. The fourth-order valence-electron chi connectivity index (χ4n) is 2.11. The summed E-state index contributed by atoms with van der Waals surface area (Å²) in [5.74, 6) is -1.34. The molecule has 2 heterocycles. The Morgan fingerprint density at radius 2 is 1.94 bits per heavy atom. The molecule has 7 nitrogen and oxygen atoms in total. The number of piperidine rings is 1. The number of rotatable bonds is 3. The van der Waals surface area contributed by atoms with Crippen LogP contribution in [-0.4, -0.2) is 47.1 Å². The molecule has 1 aliphatic heterocycles. The maximum absolute atomic E-state index is 12.4. The molecule has 0 spiro atoms. The van der Waals surface area contributed by atoms with Crippen molar-refractivity contribution in [1.29, 1.82) is 0 Å². The van der Waals surface area contributed by atoms with Crippen LogP contribution in [-0.2, 0) is 10.0 Å². The van der Waals surface area contributed by atoms with Gasteiger partial charge in [0.15, 0.2) is 5.69 Å². The first-order chi connectivity index (χ1) is 8.44. The smallest absolute Gasteiger partial charge is 0.357 e. The first-order valence-electron chi connectivity index (χ1n) is 5.73. The van der Waals surface area contributed by atoms with Gasteiger partial charge in [0.05, 0.1) is 5.69 Å². The van der Waals surface area contributed by atoms with Gasteiger partial charge in [-0.2, -0.15) is 9.40 Å². The second-order valence-electron chi connectivity index (χ2n) is 4.30. The van der Waals surface area contributed by atoms with Crippen LogP contribution in [0.2, 0.25) is 0 Å². The molecule has 18 heavy (non-hydrogen) atoms. The lowest BCUT2D eigenvalue weighted by Gasteiger charge is -2.25. The van der Waals surface area contributed by atoms with Crippen molar-refractivity contribution >= 4 is 16.0 Å². The van der Waals surface area contributed by atoms with Gasteiger partial charge in [-0.25, -0.2) is 13.2 Å². The Kier molecular flexibility index (Phi) is 3.40. The molecule has 8 heteroatoms. The van der Waals surface area contributed by atoms with Gasteiger partial charge in [-0.1, -0.05) is 6.42 Å². The molecule has 0 aromatic carbocycles. The third-order valence-corrected chi connectivity index (χ3v) is 5.07. The first-order valence-corrected chi connectivity index (χ1v) is 7.17. The summed E-state index contributed by atoms with van der Waals surface area (Å²) in [7, 11) is -3.77. The standard InChI is InChI=1S/C10H15N3O4S/c1-7-9(8(10(14)15)12-11-7)18(16,17)13-5-3-2-4-6-13/h2-6H2,1H3,(H,11,12)(H,14,15). The highest BCUT2D eigenvalue weighted by molar-refractivity contribution is 7.89. The number of nitrogens with one attached hydrogen (secondary N) is 1. The minimum atomic E-state index is -3.77. The van der Waals surface area contributed by atoms with Gasteiger partial charge in [-0.3, -0.25) is 5.10 Å². The predicted octanol–water partition coefficient (Wildman–Crippen LogP) is 0.591. The highest BCUT2D eigenvalue weighted by atomic mass is 32.2. The lowest BCUT2D eigenvalue weighted by molar-refractivity contribution is 0.0686. The van der Waals surface area contributed by atoms with Crippen LogP contribution in [0.5, 0.6) is 0 Å². The Bertz CT molecular complexity index is 558. The van der Waals surface area contributed by atoms with Gasteiger partial charge in [-0.05, 0) is 19.8 Å². The second kappa shape index (κ2) is 4.69. The van der Waals surface area contributed by atoms with Crippen LogP contribution in [0.15, 0.2) is 4.90 Å². The number of carboxylic acids is 1. The minimum Gasteiger partial charge on any atom is -0.476 e. The van der Waals surface area contributed by atoms with E-state index in [-0.39, 0.29) is 10.6 Å². The van der Waals surface area contributed by atoms with Gasteiger partial charge >= 0.3 is 5.97 Å². The lowest BCUT2D eigenvalue weighted by Crippen LogP contribution is -2.36. The van der Waals surface area contributed by atoms with Crippen molar-refractivity contribution < 1.29 is 18.3 Å². The average Bonchev–Trinajstić information content (AvgIpc) is 2.73. The van der Waals surface area contributed by atoms with Crippen molar-refractivity contribution in [2.24, 2.45) is 0 Å². The zero-order valence-corrected chi connectivity index (χ0v) is 10.8. The molecule has 2 rings (SSSR count). The van der Waals surface area contributed by atoms with Crippen LogP contribution in [0.1, 0.15) is 35.4 Å². The Balaban J connectivity index is 2.46. The number of aromatic amines is 1. The van der Waals surface area contributed by atoms with Crippen molar-refractivity contribution in [3.63, 3.8) is 0 Å². The highest BCUT2D eigenvalue weighted by Gasteiger charge is 2.33. The summed E-state index contributed by atoms with van der Waals surface area (Å²) in [5, 5.41) is 14.9. The molecule has 100 valence electrons. The maximum Gasteiger partial charge on any atom is 0.357 e. The second-order valence-corrected chi connectivity index (χ2v) is 6.17. The number of nitrogens with zero attached hydrogens (tertiary/aromatic N) is 2. The number of aromatic nitrogens is 2. The van der Waals surface area contributed by atoms with Gasteiger partial charge in [0.1, 0.15) is 4.90 Å². The van der Waals surface area contributed by atoms with E-state index in [1.807, 2.05) is 0 Å². The van der Waals surface area contributed by atoms with Gasteiger partial charge in [0.25, 0.3) is 0 Å². The Morgan fingerprint density at radius 1 is 1.33 bits per heavy atom. The van der Waals surface area contributed by atoms with E-state index in [2.05, 4.69) is 10.2 Å². The molecule has 0 bridgehead atoms. The van der Waals surface area contributed by atoms with E-state index < -0.39 is 21.7 Å². The zero-order valence-electron chi connectivity index (χ0n) is 10.0. The molecule has 0 aliphatic carbocycles. The van der Waals surface area contributed by atoms with E-state index in [0.717, 1.165) is 19.3 Å². The van der Waals surface area contributed by atoms with Crippen LogP contribution in [0, 0.1) is 6.92 Å². The van der Waals surface area contributed by atoms with Crippen LogP contribution >= 0.6 is 0 Å². The molecule has 0 saturated carbocycles. The lowest BCUT2D eigenvalue weighted by atomic mass is 10.2. The fraction of sp³-hybridized carbons (Fsp3) is 0.600. The zero-order chi connectivity index (χ0) is 13.3. The van der Waals surface area contributed by atoms with Crippen molar-refractivity contribution in [2.45, 2.75) is 31.1 Å². The van der Waals surface area contributed by atoms with Crippen molar-refractivity contribution in [3.8, 4) is 0 Å². The largest absolute Gasteiger partial charge is 0.476 e. The number of hydrogen-bond donors (Lipinski definition) is 2. The summed E-state index contributed by atoms with van der Waals surface area (Å²) in [6.07, 6.45) is 2.61. The van der Waals surface area contributed by atoms with Gasteiger partial charge in [0, 0.05) is 13.1 Å². The quantitative estimate of drug-likeness (QED) is 0.839. The summed E-state index contributed by atoms with van der Waals surface area (Å²) in [4.78, 5) is 10.8. The molecule has 1 aromatic rings. The van der Waals surface area contributed by atoms with Crippen molar-refractivity contribution in [2.75, 3.05) is 13.1 Å². The number of H-pyrrole nitrogens is 1. The molecule has 0 atom stereocenters. The Morgan fingerprint density at radius 3 is 2.50 bits per heavy atom. The third kappa shape index (κ3) is 2.13. The summed E-state index contributed by atoms with van der Waals surface area (Å²) in [6.45, 7) is 2.38. The number of aryl methyl sites for hydroxylation is 1. The number of carboxylic acid groups (broad SMARTS) is 1. The van der Waals surface area contributed by atoms with E-state index >= 15 is 0 Å². The molecule has 1 aromatic heterocycles. The maximum atomic E-state index is 12.4. The molecule has 1 fully saturated rings. The van der Waals surface area contributed by atoms with Gasteiger partial charge in [-0.15, -0.1) is 0 Å². The van der Waals surface area contributed by atoms with E-state index in [1.165, 1.54) is 11.2 Å². The third-order valence-electron chi connectivity index (χ3n) is 3.01. The monoisotopic (exact) mass is 273 g/mol. The molecule has 1 aliphatic rings. The Labute approximate surface area is 105 Å². The van der Waals surface area contributed by atoms with E-state index in [0.29, 0.717) is 13.1 Å². The van der Waals surface area contributed by atoms with E-state index in [4.69, 9.17) is 5.11 Å². The summed E-state index contributed by atoms with van der Waals surface area (Å²) in [5.41, 5.74) is -0.170. The fourth-order valence-corrected chi connectivity index (χ4v) is 3.92. The molecule has 1 saturated heterocycles. The number of aromatic carboxylic acids is 1. The summed E-state index contributed by atoms with van der Waals surface area (Å²) < 4.78 is 26.1. The molecular formula is C10H15N3O4S. The number of hydrogen-bond acceptors (Lipinski definition) is 4. The molecule has 2 N–H and O–H groups in total. The molecule has 0 unspecified atom stereocenters. The highest BCUT2D eigenvalue weighted by Crippen LogP contribution is 2.24. The SMILES string of the molecule is Cc1[nH]nc(C(=O)O)c1S(=O)(=O)N1CCCCC1. The molecule has 0 radical (unpaired) electrons.